The second kappa shape index (κ2) is 3.38. The highest BCUT2D eigenvalue weighted by atomic mass is 79.9. The minimum Gasteiger partial charge on any atom is -0.465 e. The molecule has 2 aromatic heterocycles. The van der Waals surface area contributed by atoms with Gasteiger partial charge in [0.05, 0.1) is 23.3 Å². The molecule has 6 heteroatoms. The summed E-state index contributed by atoms with van der Waals surface area (Å²) in [6.45, 7) is 0. The van der Waals surface area contributed by atoms with Gasteiger partial charge in [-0.15, -0.1) is 0 Å². The Kier molecular flexibility index (Phi) is 2.20. The molecule has 0 saturated heterocycles. The van der Waals surface area contributed by atoms with Crippen LogP contribution in [-0.4, -0.2) is 27.7 Å². The second-order valence-electron chi connectivity index (χ2n) is 2.59. The van der Waals surface area contributed by atoms with E-state index in [2.05, 4.69) is 30.7 Å². The maximum Gasteiger partial charge on any atom is 0.341 e. The van der Waals surface area contributed by atoms with Gasteiger partial charge < -0.3 is 4.74 Å². The molecule has 0 amide bonds. The van der Waals surface area contributed by atoms with Crippen LogP contribution in [-0.2, 0) is 4.74 Å². The highest BCUT2D eigenvalue weighted by Gasteiger charge is 2.08. The van der Waals surface area contributed by atoms with Crippen LogP contribution in [0, 0.1) is 0 Å². The first-order valence-electron chi connectivity index (χ1n) is 3.79. The molecule has 5 nitrogen and oxygen atoms in total. The van der Waals surface area contributed by atoms with E-state index >= 15 is 0 Å². The smallest absolute Gasteiger partial charge is 0.341 e. The molecule has 14 heavy (non-hydrogen) atoms. The van der Waals surface area contributed by atoms with Gasteiger partial charge in [-0.1, -0.05) is 0 Å². The van der Waals surface area contributed by atoms with Crippen LogP contribution in [0.25, 0.3) is 5.65 Å². The van der Waals surface area contributed by atoms with Gasteiger partial charge in [0.25, 0.3) is 0 Å². The van der Waals surface area contributed by atoms with Gasteiger partial charge in [0.1, 0.15) is 0 Å². The fourth-order valence-electron chi connectivity index (χ4n) is 1.07. The number of hydrogen-bond acceptors (Lipinski definition) is 4. The summed E-state index contributed by atoms with van der Waals surface area (Å²) in [5.41, 5.74) is 1.04. The quantitative estimate of drug-likeness (QED) is 0.721. The molecule has 0 atom stereocenters. The summed E-state index contributed by atoms with van der Waals surface area (Å²) in [6, 6.07) is 0. The third-order valence-electron chi connectivity index (χ3n) is 1.73. The van der Waals surface area contributed by atoms with Gasteiger partial charge in [-0.3, -0.25) is 0 Å². The van der Waals surface area contributed by atoms with Crippen molar-refractivity contribution in [2.24, 2.45) is 0 Å². The number of carbonyl (C=O) groups excluding carboxylic acids is 1. The van der Waals surface area contributed by atoms with Crippen LogP contribution in [0.1, 0.15) is 10.4 Å². The molecule has 0 fully saturated rings. The molecule has 0 aliphatic heterocycles. The van der Waals surface area contributed by atoms with Crippen molar-refractivity contribution < 1.29 is 9.53 Å². The van der Waals surface area contributed by atoms with Crippen LogP contribution in [0.15, 0.2) is 23.1 Å². The van der Waals surface area contributed by atoms with E-state index in [0.717, 1.165) is 4.47 Å². The van der Waals surface area contributed by atoms with Crippen LogP contribution in [0.5, 0.6) is 0 Å². The predicted octanol–water partition coefficient (Wildman–Crippen LogP) is 1.28. The minimum absolute atomic E-state index is 0.371. The standard InChI is InChI=1S/C8H6BrN3O2/c1-14-8(13)5-2-10-7-6(9)3-11-12(7)4-5/h2-4H,1H3. The maximum absolute atomic E-state index is 11.1. The predicted molar refractivity (Wildman–Crippen MR) is 52.0 cm³/mol. The van der Waals surface area contributed by atoms with Crippen LogP contribution >= 0.6 is 15.9 Å². The maximum atomic E-state index is 11.1. The summed E-state index contributed by atoms with van der Waals surface area (Å²) in [5, 5.41) is 4.00. The molecule has 2 rings (SSSR count). The van der Waals surface area contributed by atoms with Gasteiger partial charge in [-0.25, -0.2) is 14.3 Å². The van der Waals surface area contributed by atoms with Crippen molar-refractivity contribution in [2.45, 2.75) is 0 Å². The van der Waals surface area contributed by atoms with Crippen molar-refractivity contribution in [1.82, 2.24) is 14.6 Å². The molecule has 0 radical (unpaired) electrons. The molecule has 0 aliphatic rings. The Labute approximate surface area is 87.8 Å². The van der Waals surface area contributed by atoms with E-state index in [1.165, 1.54) is 17.8 Å². The van der Waals surface area contributed by atoms with Crippen molar-refractivity contribution in [3.8, 4) is 0 Å². The number of esters is 1. The molecule has 0 unspecified atom stereocenters. The van der Waals surface area contributed by atoms with Crippen LogP contribution in [0.2, 0.25) is 0 Å². The van der Waals surface area contributed by atoms with Gasteiger partial charge >= 0.3 is 5.97 Å². The molecule has 0 aromatic carbocycles. The van der Waals surface area contributed by atoms with E-state index in [4.69, 9.17) is 0 Å². The topological polar surface area (TPSA) is 56.5 Å². The zero-order valence-corrected chi connectivity index (χ0v) is 8.85. The first kappa shape index (κ1) is 9.14. The number of hydrogen-bond donors (Lipinski definition) is 0. The van der Waals surface area contributed by atoms with Crippen molar-refractivity contribution in [1.29, 1.82) is 0 Å². The number of ether oxygens (including phenoxy) is 1. The lowest BCUT2D eigenvalue weighted by atomic mass is 10.3. The van der Waals surface area contributed by atoms with E-state index < -0.39 is 5.97 Å². The molecule has 0 spiro atoms. The van der Waals surface area contributed by atoms with Crippen LogP contribution < -0.4 is 0 Å². The van der Waals surface area contributed by atoms with Gasteiger partial charge in [-0.05, 0) is 15.9 Å². The lowest BCUT2D eigenvalue weighted by Crippen LogP contribution is -2.04. The molecule has 0 saturated carbocycles. The third kappa shape index (κ3) is 1.37. The Bertz CT molecular complexity index is 494. The summed E-state index contributed by atoms with van der Waals surface area (Å²) in [5.74, 6) is -0.425. The summed E-state index contributed by atoms with van der Waals surface area (Å²) in [6.07, 6.45) is 4.63. The van der Waals surface area contributed by atoms with Crippen molar-refractivity contribution in [3.63, 3.8) is 0 Å². The molecule has 0 aliphatic carbocycles. The molecule has 0 N–H and O–H groups in total. The van der Waals surface area contributed by atoms with Crippen molar-refractivity contribution in [2.75, 3.05) is 7.11 Å². The van der Waals surface area contributed by atoms with E-state index in [-0.39, 0.29) is 0 Å². The van der Waals surface area contributed by atoms with Gasteiger partial charge in [0, 0.05) is 12.4 Å². The largest absolute Gasteiger partial charge is 0.465 e. The number of rotatable bonds is 1. The number of carbonyl (C=O) groups is 1. The average Bonchev–Trinajstić information content (AvgIpc) is 2.59. The lowest BCUT2D eigenvalue weighted by molar-refractivity contribution is 0.0599. The average molecular weight is 256 g/mol. The Morgan fingerprint density at radius 1 is 1.57 bits per heavy atom. The fraction of sp³-hybridized carbons (Fsp3) is 0.125. The zero-order valence-electron chi connectivity index (χ0n) is 7.27. The first-order valence-corrected chi connectivity index (χ1v) is 4.59. The highest BCUT2D eigenvalue weighted by Crippen LogP contribution is 2.14. The number of methoxy groups -OCH3 is 1. The number of fused-ring (bicyclic) bond motifs is 1. The molecule has 0 bridgehead atoms. The zero-order chi connectivity index (χ0) is 10.1. The van der Waals surface area contributed by atoms with Gasteiger partial charge in [-0.2, -0.15) is 5.10 Å². The van der Waals surface area contributed by atoms with E-state index in [9.17, 15) is 4.79 Å². The van der Waals surface area contributed by atoms with Crippen molar-refractivity contribution >= 4 is 27.5 Å². The highest BCUT2D eigenvalue weighted by molar-refractivity contribution is 9.10. The van der Waals surface area contributed by atoms with Crippen molar-refractivity contribution in [3.05, 3.63) is 28.6 Å². The minimum atomic E-state index is -0.425. The molecular weight excluding hydrogens is 250 g/mol. The van der Waals surface area contributed by atoms with Crippen LogP contribution in [0.3, 0.4) is 0 Å². The molecule has 72 valence electrons. The monoisotopic (exact) mass is 255 g/mol. The normalized spacial score (nSPS) is 10.4. The van der Waals surface area contributed by atoms with Gasteiger partial charge in [0.15, 0.2) is 5.65 Å². The third-order valence-corrected chi connectivity index (χ3v) is 2.29. The molecule has 2 heterocycles. The summed E-state index contributed by atoms with van der Waals surface area (Å²) in [7, 11) is 1.32. The Morgan fingerprint density at radius 2 is 2.36 bits per heavy atom. The Hall–Kier alpha value is -1.43. The molecular formula is C8H6BrN3O2. The number of aromatic nitrogens is 3. The molecule has 2 aromatic rings. The van der Waals surface area contributed by atoms with E-state index in [0.29, 0.717) is 11.2 Å². The number of nitrogens with zero attached hydrogens (tertiary/aromatic N) is 3. The first-order chi connectivity index (χ1) is 6.72. The fourth-order valence-corrected chi connectivity index (χ4v) is 1.44. The lowest BCUT2D eigenvalue weighted by Gasteiger charge is -1.98. The van der Waals surface area contributed by atoms with E-state index in [1.807, 2.05) is 0 Å². The summed E-state index contributed by atoms with van der Waals surface area (Å²) in [4.78, 5) is 15.2. The summed E-state index contributed by atoms with van der Waals surface area (Å²) >= 11 is 3.28. The van der Waals surface area contributed by atoms with Gasteiger partial charge in [0.2, 0.25) is 0 Å². The summed E-state index contributed by atoms with van der Waals surface area (Å²) < 4.78 is 6.86. The van der Waals surface area contributed by atoms with Crippen LogP contribution in [0.4, 0.5) is 0 Å². The Morgan fingerprint density at radius 3 is 3.07 bits per heavy atom. The SMILES string of the molecule is COC(=O)c1cnc2c(Br)cnn2c1. The number of halogens is 1. The van der Waals surface area contributed by atoms with E-state index in [1.54, 1.807) is 12.4 Å². The Balaban J connectivity index is 2.57. The second-order valence-corrected chi connectivity index (χ2v) is 3.45.